The normalized spacial score (nSPS) is 15.0. The quantitative estimate of drug-likeness (QED) is 0.483. The summed E-state index contributed by atoms with van der Waals surface area (Å²) < 4.78 is 51.8. The van der Waals surface area contributed by atoms with Crippen LogP contribution in [-0.4, -0.2) is 57.9 Å². The molecule has 1 aliphatic heterocycles. The third-order valence-corrected chi connectivity index (χ3v) is 7.67. The summed E-state index contributed by atoms with van der Waals surface area (Å²) in [5.41, 5.74) is 1.31. The van der Waals surface area contributed by atoms with Crippen LogP contribution in [0.3, 0.4) is 0 Å². The van der Waals surface area contributed by atoms with Crippen LogP contribution in [-0.2, 0) is 26.2 Å². The summed E-state index contributed by atoms with van der Waals surface area (Å²) in [5.74, 6) is -1.49. The van der Waals surface area contributed by atoms with Gasteiger partial charge < -0.3 is 19.7 Å². The molecular weight excluding hydrogens is 501 g/mol. The van der Waals surface area contributed by atoms with Crippen LogP contribution < -0.4 is 19.7 Å². The number of hydrogen-bond acceptors (Lipinski definition) is 6. The number of anilines is 1. The molecule has 0 unspecified atom stereocenters. The molecule has 0 saturated heterocycles. The summed E-state index contributed by atoms with van der Waals surface area (Å²) in [6, 6.07) is 19.1. The molecule has 2 amide bonds. The Kier molecular flexibility index (Phi) is 7.74. The number of methoxy groups -OCH3 is 1. The highest BCUT2D eigenvalue weighted by atomic mass is 32.2. The smallest absolute Gasteiger partial charge is 0.263 e. The Bertz CT molecular complexity index is 1400. The van der Waals surface area contributed by atoms with E-state index in [2.05, 4.69) is 5.32 Å². The van der Waals surface area contributed by atoms with Crippen molar-refractivity contribution in [1.29, 1.82) is 0 Å². The van der Waals surface area contributed by atoms with Crippen LogP contribution in [0.5, 0.6) is 11.5 Å². The maximum Gasteiger partial charge on any atom is 0.263 e. The van der Waals surface area contributed by atoms with E-state index < -0.39 is 45.2 Å². The van der Waals surface area contributed by atoms with E-state index in [1.165, 1.54) is 25.1 Å². The molecule has 9 nitrogen and oxygen atoms in total. The van der Waals surface area contributed by atoms with E-state index in [0.717, 1.165) is 22.0 Å². The number of fused-ring (bicyclic) bond motifs is 1. The van der Waals surface area contributed by atoms with Crippen LogP contribution in [0.15, 0.2) is 77.7 Å². The van der Waals surface area contributed by atoms with Crippen molar-refractivity contribution in [2.45, 2.75) is 17.5 Å². The first kappa shape index (κ1) is 26.1. The zero-order valence-corrected chi connectivity index (χ0v) is 21.1. The first-order valence-corrected chi connectivity index (χ1v) is 12.8. The summed E-state index contributed by atoms with van der Waals surface area (Å²) in [7, 11) is -1.79. The van der Waals surface area contributed by atoms with Gasteiger partial charge in [0.25, 0.3) is 5.91 Å². The summed E-state index contributed by atoms with van der Waals surface area (Å²) in [6.07, 6.45) is -1.01. The Morgan fingerprint density at radius 3 is 2.54 bits per heavy atom. The van der Waals surface area contributed by atoms with Gasteiger partial charge in [-0.15, -0.1) is 0 Å². The minimum Gasteiger partial charge on any atom is -0.495 e. The van der Waals surface area contributed by atoms with E-state index in [1.807, 2.05) is 30.3 Å². The molecule has 1 heterocycles. The molecule has 0 fully saturated rings. The lowest BCUT2D eigenvalue weighted by Crippen LogP contribution is -2.52. The van der Waals surface area contributed by atoms with E-state index >= 15 is 0 Å². The molecule has 4 rings (SSSR count). The molecule has 194 valence electrons. The average Bonchev–Trinajstić information content (AvgIpc) is 2.91. The highest BCUT2D eigenvalue weighted by Gasteiger charge is 2.35. The maximum absolute atomic E-state index is 13.8. The number of nitrogens with one attached hydrogen (secondary N) is 1. The number of para-hydroxylation sites is 2. The average molecular weight is 528 g/mol. The van der Waals surface area contributed by atoms with Crippen molar-refractivity contribution in [2.75, 3.05) is 32.1 Å². The Hall–Kier alpha value is -3.96. The molecule has 3 aromatic carbocycles. The Morgan fingerprint density at radius 2 is 1.81 bits per heavy atom. The molecule has 1 N–H and O–H groups in total. The minimum atomic E-state index is -4.27. The Balaban J connectivity index is 1.52. The van der Waals surface area contributed by atoms with Crippen LogP contribution in [0.4, 0.5) is 10.1 Å². The fraction of sp³-hybridized carbons (Fsp3) is 0.231. The molecule has 0 bridgehead atoms. The third-order valence-electron chi connectivity index (χ3n) is 5.85. The molecule has 0 aromatic heterocycles. The van der Waals surface area contributed by atoms with Crippen LogP contribution in [0.25, 0.3) is 0 Å². The number of nitrogens with zero attached hydrogens (tertiary/aromatic N) is 2. The second kappa shape index (κ2) is 11.0. The van der Waals surface area contributed by atoms with Crippen molar-refractivity contribution < 1.29 is 31.9 Å². The number of hydrogen-bond donors (Lipinski definition) is 1. The van der Waals surface area contributed by atoms with Crippen molar-refractivity contribution in [1.82, 2.24) is 9.62 Å². The predicted molar refractivity (Wildman–Crippen MR) is 134 cm³/mol. The fourth-order valence-corrected chi connectivity index (χ4v) is 5.17. The molecule has 1 atom stereocenters. The number of sulfonamides is 1. The lowest BCUT2D eigenvalue weighted by Gasteiger charge is -2.35. The minimum absolute atomic E-state index is 0.0485. The van der Waals surface area contributed by atoms with E-state index in [9.17, 15) is 22.4 Å². The lowest BCUT2D eigenvalue weighted by molar-refractivity contribution is -0.128. The molecule has 1 aliphatic rings. The molecule has 0 spiro atoms. The van der Waals surface area contributed by atoms with Gasteiger partial charge in [-0.2, -0.15) is 4.31 Å². The summed E-state index contributed by atoms with van der Waals surface area (Å²) in [5, 5.41) is 2.81. The SMILES string of the molecule is COc1ccc(F)cc1S(=O)(=O)N(C)CC(=O)N1C[C@@H](C(=O)NCc2ccccc2)Oc2ccccc21. The van der Waals surface area contributed by atoms with Crippen molar-refractivity contribution in [3.63, 3.8) is 0 Å². The van der Waals surface area contributed by atoms with Gasteiger partial charge in [-0.1, -0.05) is 42.5 Å². The van der Waals surface area contributed by atoms with Gasteiger partial charge in [-0.3, -0.25) is 9.59 Å². The van der Waals surface area contributed by atoms with E-state index in [1.54, 1.807) is 24.3 Å². The summed E-state index contributed by atoms with van der Waals surface area (Å²) >= 11 is 0. The number of benzene rings is 3. The number of ether oxygens (including phenoxy) is 2. The van der Waals surface area contributed by atoms with E-state index in [0.29, 0.717) is 11.4 Å². The van der Waals surface area contributed by atoms with Gasteiger partial charge in [0.2, 0.25) is 15.9 Å². The van der Waals surface area contributed by atoms with Crippen LogP contribution >= 0.6 is 0 Å². The Labute approximate surface area is 214 Å². The van der Waals surface area contributed by atoms with Crippen molar-refractivity contribution in [3.8, 4) is 11.5 Å². The molecule has 0 aliphatic carbocycles. The molecule has 3 aromatic rings. The van der Waals surface area contributed by atoms with Gasteiger partial charge in [0, 0.05) is 13.6 Å². The molecule has 0 radical (unpaired) electrons. The maximum atomic E-state index is 13.8. The van der Waals surface area contributed by atoms with Crippen molar-refractivity contribution in [2.24, 2.45) is 0 Å². The number of halogens is 1. The highest BCUT2D eigenvalue weighted by molar-refractivity contribution is 7.89. The molecule has 11 heteroatoms. The van der Waals surface area contributed by atoms with Gasteiger partial charge in [0.15, 0.2) is 6.10 Å². The lowest BCUT2D eigenvalue weighted by atomic mass is 10.1. The zero-order valence-electron chi connectivity index (χ0n) is 20.3. The molecule has 37 heavy (non-hydrogen) atoms. The monoisotopic (exact) mass is 527 g/mol. The zero-order chi connectivity index (χ0) is 26.6. The number of rotatable bonds is 8. The molecule has 0 saturated carbocycles. The van der Waals surface area contributed by atoms with Crippen LogP contribution in [0, 0.1) is 5.82 Å². The van der Waals surface area contributed by atoms with Crippen molar-refractivity contribution >= 4 is 27.5 Å². The predicted octanol–water partition coefficient (Wildman–Crippen LogP) is 2.57. The highest BCUT2D eigenvalue weighted by Crippen LogP contribution is 2.34. The first-order valence-electron chi connectivity index (χ1n) is 11.4. The second-order valence-electron chi connectivity index (χ2n) is 8.34. The topological polar surface area (TPSA) is 105 Å². The number of carbonyl (C=O) groups excluding carboxylic acids is 2. The van der Waals surface area contributed by atoms with E-state index in [4.69, 9.17) is 9.47 Å². The third kappa shape index (κ3) is 5.73. The number of amides is 2. The van der Waals surface area contributed by atoms with Gasteiger partial charge in [-0.05, 0) is 35.9 Å². The number of carbonyl (C=O) groups is 2. The van der Waals surface area contributed by atoms with E-state index in [-0.39, 0.29) is 18.8 Å². The first-order chi connectivity index (χ1) is 17.7. The van der Waals surface area contributed by atoms with Gasteiger partial charge in [-0.25, -0.2) is 12.8 Å². The number of likely N-dealkylation sites (N-methyl/N-ethyl adjacent to an activating group) is 1. The summed E-state index contributed by atoms with van der Waals surface area (Å²) in [4.78, 5) is 27.2. The largest absolute Gasteiger partial charge is 0.495 e. The standard InChI is InChI=1S/C26H26FN3O6S/c1-29(37(33,34)24-14-19(27)12-13-22(24)35-2)17-25(31)30-16-23(36-21-11-7-6-10-20(21)30)26(32)28-15-18-8-4-3-5-9-18/h3-14,23H,15-17H2,1-2H3,(H,28,32)/t23-/m0/s1. The molecular formula is C26H26FN3O6S. The Morgan fingerprint density at radius 1 is 1.11 bits per heavy atom. The van der Waals surface area contributed by atoms with Crippen LogP contribution in [0.1, 0.15) is 5.56 Å². The van der Waals surface area contributed by atoms with Crippen LogP contribution in [0.2, 0.25) is 0 Å². The summed E-state index contributed by atoms with van der Waals surface area (Å²) in [6.45, 7) is -0.395. The van der Waals surface area contributed by atoms with Gasteiger partial charge in [0.1, 0.15) is 22.2 Å². The van der Waals surface area contributed by atoms with Gasteiger partial charge >= 0.3 is 0 Å². The second-order valence-corrected chi connectivity index (χ2v) is 10.4. The van der Waals surface area contributed by atoms with Gasteiger partial charge in [0.05, 0.1) is 25.9 Å². The van der Waals surface area contributed by atoms with Crippen molar-refractivity contribution in [3.05, 3.63) is 84.2 Å². The fourth-order valence-electron chi connectivity index (χ4n) is 3.89.